The van der Waals surface area contributed by atoms with E-state index in [0.29, 0.717) is 17.5 Å². The number of rotatable bonds is 5. The van der Waals surface area contributed by atoms with Crippen molar-refractivity contribution in [1.29, 1.82) is 0 Å². The van der Waals surface area contributed by atoms with Crippen molar-refractivity contribution in [3.8, 4) is 0 Å². The van der Waals surface area contributed by atoms with E-state index in [1.165, 1.54) is 17.7 Å². The summed E-state index contributed by atoms with van der Waals surface area (Å²) in [7, 11) is 0. The lowest BCUT2D eigenvalue weighted by Crippen LogP contribution is -2.37. The van der Waals surface area contributed by atoms with Crippen molar-refractivity contribution in [2.24, 2.45) is 5.92 Å². The predicted octanol–water partition coefficient (Wildman–Crippen LogP) is 4.89. The Labute approximate surface area is 160 Å². The van der Waals surface area contributed by atoms with Crippen molar-refractivity contribution in [2.45, 2.75) is 25.4 Å². The van der Waals surface area contributed by atoms with Gasteiger partial charge < -0.3 is 10.0 Å². The number of aliphatic hydroxyl groups excluding tert-OH is 1. The molecule has 0 unspecified atom stereocenters. The van der Waals surface area contributed by atoms with Crippen LogP contribution < -0.4 is 0 Å². The lowest BCUT2D eigenvalue weighted by atomic mass is 9.90. The highest BCUT2D eigenvalue weighted by Crippen LogP contribution is 2.24. The van der Waals surface area contributed by atoms with Crippen LogP contribution >= 0.6 is 24.0 Å². The highest BCUT2D eigenvalue weighted by molar-refractivity contribution is 6.30. The minimum Gasteiger partial charge on any atom is -0.387 e. The van der Waals surface area contributed by atoms with Gasteiger partial charge in [-0.15, -0.1) is 12.4 Å². The molecule has 0 aromatic heterocycles. The van der Waals surface area contributed by atoms with Gasteiger partial charge in [-0.2, -0.15) is 0 Å². The lowest BCUT2D eigenvalue weighted by molar-refractivity contribution is 0.0893. The molecule has 3 rings (SSSR count). The molecule has 0 bridgehead atoms. The van der Waals surface area contributed by atoms with Crippen molar-refractivity contribution >= 4 is 24.0 Å². The second kappa shape index (κ2) is 9.54. The number of β-amino-alcohol motifs (C(OH)–C–C–N with tert-alkyl or cyclic N) is 1. The van der Waals surface area contributed by atoms with Gasteiger partial charge in [0.05, 0.1) is 6.10 Å². The molecule has 1 atom stereocenters. The van der Waals surface area contributed by atoms with Gasteiger partial charge in [-0.3, -0.25) is 0 Å². The third-order valence-electron chi connectivity index (χ3n) is 4.83. The molecule has 0 amide bonds. The normalized spacial score (nSPS) is 17.1. The average molecular weight is 384 g/mol. The first kappa shape index (κ1) is 20.2. The molecule has 2 nitrogen and oxygen atoms in total. The van der Waals surface area contributed by atoms with E-state index in [-0.39, 0.29) is 18.2 Å². The molecular formula is C20H24Cl2FNO. The highest BCUT2D eigenvalue weighted by Gasteiger charge is 2.21. The van der Waals surface area contributed by atoms with Crippen LogP contribution in [0.2, 0.25) is 5.02 Å². The number of likely N-dealkylation sites (tertiary alicyclic amines) is 1. The third kappa shape index (κ3) is 5.96. The Kier molecular flexibility index (Phi) is 7.70. The molecule has 1 aliphatic rings. The fourth-order valence-corrected chi connectivity index (χ4v) is 3.49. The van der Waals surface area contributed by atoms with Gasteiger partial charge in [0.15, 0.2) is 0 Å². The molecule has 0 saturated carbocycles. The van der Waals surface area contributed by atoms with Gasteiger partial charge in [-0.25, -0.2) is 4.39 Å². The summed E-state index contributed by atoms with van der Waals surface area (Å²) in [6.07, 6.45) is 2.76. The molecule has 2 aromatic carbocycles. The predicted molar refractivity (Wildman–Crippen MR) is 103 cm³/mol. The quantitative estimate of drug-likeness (QED) is 0.794. The second-order valence-corrected chi connectivity index (χ2v) is 7.08. The van der Waals surface area contributed by atoms with E-state index in [2.05, 4.69) is 4.90 Å². The average Bonchev–Trinajstić information content (AvgIpc) is 2.59. The molecule has 5 heteroatoms. The first-order chi connectivity index (χ1) is 11.6. The van der Waals surface area contributed by atoms with Crippen molar-refractivity contribution in [3.05, 3.63) is 70.5 Å². The number of nitrogens with zero attached hydrogens (tertiary/aromatic N) is 1. The van der Waals surface area contributed by atoms with Crippen LogP contribution in [0, 0.1) is 11.7 Å². The fraction of sp³-hybridized carbons (Fsp3) is 0.400. The minimum atomic E-state index is -0.476. The summed E-state index contributed by atoms with van der Waals surface area (Å²) in [5.74, 6) is 0.462. The topological polar surface area (TPSA) is 23.5 Å². The van der Waals surface area contributed by atoms with Crippen LogP contribution in [0.4, 0.5) is 4.39 Å². The number of aliphatic hydroxyl groups is 1. The monoisotopic (exact) mass is 383 g/mol. The molecule has 1 aliphatic heterocycles. The lowest BCUT2D eigenvalue weighted by Gasteiger charge is -2.33. The molecule has 136 valence electrons. The SMILES string of the molecule is Cl.O[C@@H](CN1CCC(Cc2ccc(F)cc2)CC1)c1ccc(Cl)cc1. The van der Waals surface area contributed by atoms with Crippen LogP contribution in [0.1, 0.15) is 30.1 Å². The van der Waals surface area contributed by atoms with Crippen molar-refractivity contribution in [1.82, 2.24) is 4.90 Å². The van der Waals surface area contributed by atoms with Crippen LogP contribution in [-0.4, -0.2) is 29.6 Å². The van der Waals surface area contributed by atoms with Crippen LogP contribution in [0.5, 0.6) is 0 Å². The maximum absolute atomic E-state index is 13.0. The van der Waals surface area contributed by atoms with E-state index in [1.54, 1.807) is 0 Å². The number of hydrogen-bond donors (Lipinski definition) is 1. The van der Waals surface area contributed by atoms with E-state index in [1.807, 2.05) is 36.4 Å². The first-order valence-corrected chi connectivity index (χ1v) is 8.88. The van der Waals surface area contributed by atoms with E-state index in [0.717, 1.165) is 37.9 Å². The zero-order valence-electron chi connectivity index (χ0n) is 14.1. The maximum atomic E-state index is 13.0. The number of benzene rings is 2. The molecule has 1 heterocycles. The largest absolute Gasteiger partial charge is 0.387 e. The summed E-state index contributed by atoms with van der Waals surface area (Å²) in [5, 5.41) is 11.1. The van der Waals surface area contributed by atoms with Crippen LogP contribution in [-0.2, 0) is 6.42 Å². The van der Waals surface area contributed by atoms with Crippen molar-refractivity contribution in [2.75, 3.05) is 19.6 Å². The van der Waals surface area contributed by atoms with Gasteiger partial charge in [0.1, 0.15) is 5.82 Å². The molecule has 1 N–H and O–H groups in total. The van der Waals surface area contributed by atoms with Crippen LogP contribution in [0.15, 0.2) is 48.5 Å². The summed E-state index contributed by atoms with van der Waals surface area (Å²) in [6, 6.07) is 14.2. The summed E-state index contributed by atoms with van der Waals surface area (Å²) >= 11 is 5.89. The smallest absolute Gasteiger partial charge is 0.123 e. The van der Waals surface area contributed by atoms with Gasteiger partial charge in [0, 0.05) is 11.6 Å². The highest BCUT2D eigenvalue weighted by atomic mass is 35.5. The van der Waals surface area contributed by atoms with E-state index in [9.17, 15) is 9.50 Å². The van der Waals surface area contributed by atoms with Crippen molar-refractivity contribution < 1.29 is 9.50 Å². The Morgan fingerprint density at radius 1 is 1.04 bits per heavy atom. The number of halogens is 3. The zero-order chi connectivity index (χ0) is 16.9. The first-order valence-electron chi connectivity index (χ1n) is 8.50. The zero-order valence-corrected chi connectivity index (χ0v) is 15.6. The molecule has 0 radical (unpaired) electrons. The summed E-state index contributed by atoms with van der Waals surface area (Å²) < 4.78 is 13.0. The Bertz CT molecular complexity index is 640. The van der Waals surface area contributed by atoms with Crippen molar-refractivity contribution in [3.63, 3.8) is 0 Å². The standard InChI is InChI=1S/C20H23ClFNO.ClH/c21-18-5-3-17(4-6-18)20(24)14-23-11-9-16(10-12-23)13-15-1-7-19(22)8-2-15;/h1-8,16,20,24H,9-14H2;1H/t20-;/m0./s1. The Balaban J connectivity index is 0.00000225. The van der Waals surface area contributed by atoms with Crippen LogP contribution in [0.3, 0.4) is 0 Å². The van der Waals surface area contributed by atoms with E-state index < -0.39 is 6.10 Å². The van der Waals surface area contributed by atoms with Gasteiger partial charge in [0.25, 0.3) is 0 Å². The van der Waals surface area contributed by atoms with Gasteiger partial charge in [-0.05, 0) is 73.7 Å². The number of piperidine rings is 1. The van der Waals surface area contributed by atoms with Gasteiger partial charge >= 0.3 is 0 Å². The molecule has 2 aromatic rings. The molecular weight excluding hydrogens is 360 g/mol. The summed E-state index contributed by atoms with van der Waals surface area (Å²) in [4.78, 5) is 2.32. The molecule has 0 spiro atoms. The molecule has 25 heavy (non-hydrogen) atoms. The van der Waals surface area contributed by atoms with Gasteiger partial charge in [0.2, 0.25) is 0 Å². The summed E-state index contributed by atoms with van der Waals surface area (Å²) in [6.45, 7) is 2.65. The second-order valence-electron chi connectivity index (χ2n) is 6.64. The van der Waals surface area contributed by atoms with Crippen LogP contribution in [0.25, 0.3) is 0 Å². The fourth-order valence-electron chi connectivity index (χ4n) is 3.36. The minimum absolute atomic E-state index is 0. The number of hydrogen-bond acceptors (Lipinski definition) is 2. The Morgan fingerprint density at radius 2 is 1.64 bits per heavy atom. The molecule has 0 aliphatic carbocycles. The maximum Gasteiger partial charge on any atom is 0.123 e. The molecule has 1 fully saturated rings. The summed E-state index contributed by atoms with van der Waals surface area (Å²) in [5.41, 5.74) is 2.11. The molecule has 1 saturated heterocycles. The van der Waals surface area contributed by atoms with E-state index in [4.69, 9.17) is 11.6 Å². The Hall–Kier alpha value is -1.13. The van der Waals surface area contributed by atoms with Gasteiger partial charge in [-0.1, -0.05) is 35.9 Å². The third-order valence-corrected chi connectivity index (χ3v) is 5.08. The Morgan fingerprint density at radius 3 is 2.24 bits per heavy atom. The van der Waals surface area contributed by atoms with E-state index >= 15 is 0 Å².